The van der Waals surface area contributed by atoms with Crippen molar-refractivity contribution in [3.05, 3.63) is 71.0 Å². The first-order chi connectivity index (χ1) is 10.3. The number of hydrogen-bond acceptors (Lipinski definition) is 3. The third-order valence-corrected chi connectivity index (χ3v) is 4.65. The predicted octanol–water partition coefficient (Wildman–Crippen LogP) is 3.95. The molecule has 102 valence electrons. The van der Waals surface area contributed by atoms with Crippen LogP contribution in [0.15, 0.2) is 54.9 Å². The van der Waals surface area contributed by atoms with E-state index >= 15 is 0 Å². The number of imidazole rings is 1. The van der Waals surface area contributed by atoms with E-state index < -0.39 is 0 Å². The van der Waals surface area contributed by atoms with Crippen LogP contribution < -0.4 is 0 Å². The van der Waals surface area contributed by atoms with Crippen LogP contribution in [-0.2, 0) is 6.42 Å². The zero-order valence-corrected chi connectivity index (χ0v) is 12.0. The highest BCUT2D eigenvalue weighted by Crippen LogP contribution is 2.25. The van der Waals surface area contributed by atoms with E-state index in [1.54, 1.807) is 17.5 Å². The number of thiazole rings is 1. The fourth-order valence-corrected chi connectivity index (χ4v) is 3.63. The second-order valence-electron chi connectivity index (χ2n) is 4.97. The summed E-state index contributed by atoms with van der Waals surface area (Å²) in [4.78, 5) is 17.3. The number of aromatic nitrogens is 2. The number of rotatable bonds is 3. The number of benzene rings is 2. The maximum Gasteiger partial charge on any atom is 0.194 e. The Bertz CT molecular complexity index is 946. The van der Waals surface area contributed by atoms with Gasteiger partial charge in [0.1, 0.15) is 5.69 Å². The molecule has 0 unspecified atom stereocenters. The maximum atomic E-state index is 11.0. The van der Waals surface area contributed by atoms with E-state index in [1.807, 2.05) is 10.6 Å². The molecule has 0 saturated heterocycles. The Balaban J connectivity index is 1.79. The Hall–Kier alpha value is -2.46. The Morgan fingerprint density at radius 1 is 1.14 bits per heavy atom. The fraction of sp³-hybridized carbons (Fsp3) is 0.0588. The molecular formula is C17H12N2OS. The molecule has 3 nitrogen and oxygen atoms in total. The number of carbonyl (C=O) groups excluding carboxylic acids is 1. The van der Waals surface area contributed by atoms with Crippen LogP contribution in [0.25, 0.3) is 15.7 Å². The first-order valence-electron chi connectivity index (χ1n) is 6.73. The van der Waals surface area contributed by atoms with Crippen LogP contribution in [0.4, 0.5) is 0 Å². The van der Waals surface area contributed by atoms with Crippen LogP contribution in [0.1, 0.15) is 20.9 Å². The lowest BCUT2D eigenvalue weighted by atomic mass is 10.0. The lowest BCUT2D eigenvalue weighted by Gasteiger charge is -2.04. The van der Waals surface area contributed by atoms with Gasteiger partial charge in [-0.3, -0.25) is 9.20 Å². The Labute approximate surface area is 125 Å². The van der Waals surface area contributed by atoms with Gasteiger partial charge in [-0.25, -0.2) is 4.98 Å². The van der Waals surface area contributed by atoms with Gasteiger partial charge in [-0.15, -0.1) is 11.3 Å². The van der Waals surface area contributed by atoms with Gasteiger partial charge in [-0.1, -0.05) is 42.5 Å². The molecule has 4 rings (SSSR count). The smallest absolute Gasteiger partial charge is 0.194 e. The lowest BCUT2D eigenvalue weighted by Crippen LogP contribution is -1.89. The average Bonchev–Trinajstić information content (AvgIpc) is 3.07. The van der Waals surface area contributed by atoms with E-state index in [1.165, 1.54) is 21.2 Å². The van der Waals surface area contributed by atoms with Gasteiger partial charge in [0.05, 0.1) is 6.20 Å². The minimum atomic E-state index is 0.602. The van der Waals surface area contributed by atoms with E-state index in [9.17, 15) is 4.79 Å². The molecule has 0 aliphatic heterocycles. The van der Waals surface area contributed by atoms with E-state index in [4.69, 9.17) is 0 Å². The van der Waals surface area contributed by atoms with Crippen molar-refractivity contribution in [3.63, 3.8) is 0 Å². The molecule has 4 aromatic rings. The summed E-state index contributed by atoms with van der Waals surface area (Å²) < 4.78 is 1.86. The highest BCUT2D eigenvalue weighted by molar-refractivity contribution is 7.17. The summed E-state index contributed by atoms with van der Waals surface area (Å²) in [5.74, 6) is 0. The van der Waals surface area contributed by atoms with Gasteiger partial charge in [0, 0.05) is 17.5 Å². The summed E-state index contributed by atoms with van der Waals surface area (Å²) in [6, 6.07) is 14.8. The number of fused-ring (bicyclic) bond motifs is 2. The molecule has 0 fully saturated rings. The van der Waals surface area contributed by atoms with E-state index in [0.29, 0.717) is 5.69 Å². The van der Waals surface area contributed by atoms with Crippen molar-refractivity contribution in [2.24, 2.45) is 0 Å². The molecule has 0 atom stereocenters. The van der Waals surface area contributed by atoms with Crippen molar-refractivity contribution in [1.29, 1.82) is 0 Å². The second kappa shape index (κ2) is 4.82. The van der Waals surface area contributed by atoms with E-state index in [0.717, 1.165) is 17.7 Å². The van der Waals surface area contributed by atoms with Crippen LogP contribution >= 0.6 is 11.3 Å². The molecule has 0 saturated carbocycles. The molecule has 2 heterocycles. The van der Waals surface area contributed by atoms with Crippen LogP contribution in [0.3, 0.4) is 0 Å². The van der Waals surface area contributed by atoms with Crippen molar-refractivity contribution in [2.45, 2.75) is 6.42 Å². The summed E-state index contributed by atoms with van der Waals surface area (Å²) in [6.07, 6.45) is 5.32. The summed E-state index contributed by atoms with van der Waals surface area (Å²) in [5, 5.41) is 2.53. The molecule has 0 bridgehead atoms. The first-order valence-corrected chi connectivity index (χ1v) is 7.54. The summed E-state index contributed by atoms with van der Waals surface area (Å²) >= 11 is 1.63. The topological polar surface area (TPSA) is 34.4 Å². The highest BCUT2D eigenvalue weighted by atomic mass is 32.1. The number of carbonyl (C=O) groups is 1. The highest BCUT2D eigenvalue weighted by Gasteiger charge is 2.09. The fourth-order valence-electron chi connectivity index (χ4n) is 2.65. The summed E-state index contributed by atoms with van der Waals surface area (Å²) in [5.41, 5.74) is 1.90. The van der Waals surface area contributed by atoms with Crippen LogP contribution in [0, 0.1) is 0 Å². The molecule has 4 heteroatoms. The minimum absolute atomic E-state index is 0.602. The van der Waals surface area contributed by atoms with Crippen molar-refractivity contribution < 1.29 is 4.79 Å². The zero-order chi connectivity index (χ0) is 14.2. The van der Waals surface area contributed by atoms with Crippen LogP contribution in [-0.4, -0.2) is 15.7 Å². The average molecular weight is 292 g/mol. The van der Waals surface area contributed by atoms with Crippen molar-refractivity contribution in [1.82, 2.24) is 9.38 Å². The van der Waals surface area contributed by atoms with Gasteiger partial charge < -0.3 is 0 Å². The minimum Gasteiger partial charge on any atom is -0.296 e. The van der Waals surface area contributed by atoms with Crippen LogP contribution in [0.2, 0.25) is 0 Å². The van der Waals surface area contributed by atoms with Crippen molar-refractivity contribution in [2.75, 3.05) is 0 Å². The molecule has 2 aromatic heterocycles. The Morgan fingerprint density at radius 2 is 2.00 bits per heavy atom. The number of aldehydes is 1. The van der Waals surface area contributed by atoms with Gasteiger partial charge in [-0.05, 0) is 16.3 Å². The predicted molar refractivity (Wildman–Crippen MR) is 85.2 cm³/mol. The van der Waals surface area contributed by atoms with Gasteiger partial charge >= 0.3 is 0 Å². The van der Waals surface area contributed by atoms with Crippen molar-refractivity contribution in [3.8, 4) is 0 Å². The normalized spacial score (nSPS) is 11.2. The van der Waals surface area contributed by atoms with Crippen molar-refractivity contribution >= 4 is 33.4 Å². The lowest BCUT2D eigenvalue weighted by molar-refractivity contribution is 0.111. The molecule has 21 heavy (non-hydrogen) atoms. The molecule has 0 aliphatic carbocycles. The third-order valence-electron chi connectivity index (χ3n) is 3.65. The summed E-state index contributed by atoms with van der Waals surface area (Å²) in [7, 11) is 0. The van der Waals surface area contributed by atoms with Crippen LogP contribution in [0.5, 0.6) is 0 Å². The van der Waals surface area contributed by atoms with Gasteiger partial charge in [0.2, 0.25) is 0 Å². The van der Waals surface area contributed by atoms with Gasteiger partial charge in [-0.2, -0.15) is 0 Å². The first kappa shape index (κ1) is 12.3. The molecule has 0 N–H and O–H groups in total. The SMILES string of the molecule is O=Cc1cnc2sc(Cc3cccc4ccccc34)cn12. The zero-order valence-electron chi connectivity index (χ0n) is 11.2. The Kier molecular flexibility index (Phi) is 2.82. The molecule has 0 radical (unpaired) electrons. The molecule has 0 amide bonds. The summed E-state index contributed by atoms with van der Waals surface area (Å²) in [6.45, 7) is 0. The second-order valence-corrected chi connectivity index (χ2v) is 6.06. The standard InChI is InChI=1S/C17H12N2OS/c20-11-14-9-18-17-19(14)10-15(21-17)8-13-6-3-5-12-4-1-2-7-16(12)13/h1-7,9-11H,8H2. The quantitative estimate of drug-likeness (QED) is 0.536. The van der Waals surface area contributed by atoms with Gasteiger partial charge in [0.25, 0.3) is 0 Å². The molecular weight excluding hydrogens is 280 g/mol. The number of hydrogen-bond donors (Lipinski definition) is 0. The third kappa shape index (κ3) is 2.04. The monoisotopic (exact) mass is 292 g/mol. The van der Waals surface area contributed by atoms with E-state index in [2.05, 4.69) is 47.4 Å². The molecule has 0 spiro atoms. The molecule has 0 aliphatic rings. The largest absolute Gasteiger partial charge is 0.296 e. The van der Waals surface area contributed by atoms with Gasteiger partial charge in [0.15, 0.2) is 11.2 Å². The number of nitrogens with zero attached hydrogens (tertiary/aromatic N) is 2. The Morgan fingerprint density at radius 3 is 2.90 bits per heavy atom. The van der Waals surface area contributed by atoms with E-state index in [-0.39, 0.29) is 0 Å². The maximum absolute atomic E-state index is 11.0. The molecule has 2 aromatic carbocycles.